The van der Waals surface area contributed by atoms with Gasteiger partial charge in [-0.1, -0.05) is 29.8 Å². The summed E-state index contributed by atoms with van der Waals surface area (Å²) >= 11 is 6.23. The van der Waals surface area contributed by atoms with E-state index in [1.165, 1.54) is 14.0 Å². The molecule has 4 heteroatoms. The summed E-state index contributed by atoms with van der Waals surface area (Å²) in [5.41, 5.74) is 2.09. The van der Waals surface area contributed by atoms with Crippen molar-refractivity contribution in [2.24, 2.45) is 0 Å². The van der Waals surface area contributed by atoms with E-state index in [1.54, 1.807) is 25.3 Å². The summed E-state index contributed by atoms with van der Waals surface area (Å²) in [6.45, 7) is 1.51. The molecule has 0 fully saturated rings. The highest BCUT2D eigenvalue weighted by Crippen LogP contribution is 2.41. The maximum atomic E-state index is 11.7. The van der Waals surface area contributed by atoms with Crippen molar-refractivity contribution in [3.63, 3.8) is 0 Å². The predicted octanol–water partition coefficient (Wildman–Crippen LogP) is 4.23. The molecule has 2 rings (SSSR count). The third-order valence-corrected chi connectivity index (χ3v) is 3.38. The van der Waals surface area contributed by atoms with Crippen molar-refractivity contribution in [2.45, 2.75) is 6.92 Å². The quantitative estimate of drug-likeness (QED) is 0.791. The zero-order valence-corrected chi connectivity index (χ0v) is 12.3. The van der Waals surface area contributed by atoms with E-state index in [0.29, 0.717) is 22.1 Å². The van der Waals surface area contributed by atoms with Crippen LogP contribution in [0.2, 0.25) is 5.02 Å². The van der Waals surface area contributed by atoms with Crippen LogP contribution in [0.4, 0.5) is 0 Å². The summed E-state index contributed by atoms with van der Waals surface area (Å²) in [6, 6.07) is 10.8. The Bertz CT molecular complexity index is 650. The SMILES string of the molecule is COc1cc(C(C)=O)cc(-c2ccccc2Cl)c1OC. The molecule has 0 aliphatic carbocycles. The van der Waals surface area contributed by atoms with E-state index < -0.39 is 0 Å². The molecule has 0 heterocycles. The third kappa shape index (κ3) is 2.63. The van der Waals surface area contributed by atoms with E-state index in [-0.39, 0.29) is 5.78 Å². The molecule has 0 saturated carbocycles. The highest BCUT2D eigenvalue weighted by molar-refractivity contribution is 6.33. The zero-order valence-electron chi connectivity index (χ0n) is 11.6. The van der Waals surface area contributed by atoms with E-state index in [0.717, 1.165) is 11.1 Å². The second-order valence-corrected chi connectivity index (χ2v) is 4.70. The summed E-state index contributed by atoms with van der Waals surface area (Å²) in [4.78, 5) is 11.7. The van der Waals surface area contributed by atoms with Gasteiger partial charge in [-0.25, -0.2) is 0 Å². The van der Waals surface area contributed by atoms with E-state index in [1.807, 2.05) is 18.2 Å². The number of Topliss-reactive ketones (excluding diaryl/α,β-unsaturated/α-hetero) is 1. The van der Waals surface area contributed by atoms with Crippen molar-refractivity contribution >= 4 is 17.4 Å². The normalized spacial score (nSPS) is 10.2. The average Bonchev–Trinajstić information content (AvgIpc) is 2.46. The van der Waals surface area contributed by atoms with Crippen molar-refractivity contribution in [1.82, 2.24) is 0 Å². The summed E-state index contributed by atoms with van der Waals surface area (Å²) in [5, 5.41) is 0.591. The lowest BCUT2D eigenvalue weighted by Crippen LogP contribution is -1.99. The second-order valence-electron chi connectivity index (χ2n) is 4.30. The smallest absolute Gasteiger partial charge is 0.168 e. The second kappa shape index (κ2) is 5.97. The molecule has 0 aliphatic rings. The van der Waals surface area contributed by atoms with Crippen molar-refractivity contribution in [1.29, 1.82) is 0 Å². The van der Waals surface area contributed by atoms with Gasteiger partial charge in [-0.05, 0) is 25.1 Å². The van der Waals surface area contributed by atoms with Crippen LogP contribution < -0.4 is 9.47 Å². The topological polar surface area (TPSA) is 35.5 Å². The lowest BCUT2D eigenvalue weighted by Gasteiger charge is -2.15. The predicted molar refractivity (Wildman–Crippen MR) is 80.0 cm³/mol. The van der Waals surface area contributed by atoms with Gasteiger partial charge >= 0.3 is 0 Å². The number of ketones is 1. The van der Waals surface area contributed by atoms with Crippen LogP contribution in [0.25, 0.3) is 11.1 Å². The number of rotatable bonds is 4. The summed E-state index contributed by atoms with van der Waals surface area (Å²) in [5.74, 6) is 1.03. The van der Waals surface area contributed by atoms with Crippen LogP contribution in [0.5, 0.6) is 11.5 Å². The molecule has 0 aliphatic heterocycles. The van der Waals surface area contributed by atoms with Gasteiger partial charge in [0, 0.05) is 21.7 Å². The van der Waals surface area contributed by atoms with E-state index in [9.17, 15) is 4.79 Å². The number of carbonyl (C=O) groups is 1. The maximum absolute atomic E-state index is 11.7. The van der Waals surface area contributed by atoms with Gasteiger partial charge in [0.25, 0.3) is 0 Å². The number of hydrogen-bond acceptors (Lipinski definition) is 3. The highest BCUT2D eigenvalue weighted by Gasteiger charge is 2.17. The molecular weight excluding hydrogens is 276 g/mol. The number of carbonyl (C=O) groups excluding carboxylic acids is 1. The lowest BCUT2D eigenvalue weighted by atomic mass is 9.99. The first-order valence-electron chi connectivity index (χ1n) is 6.10. The Labute approximate surface area is 123 Å². The first-order valence-corrected chi connectivity index (χ1v) is 6.48. The summed E-state index contributed by atoms with van der Waals surface area (Å²) < 4.78 is 10.7. The maximum Gasteiger partial charge on any atom is 0.168 e. The zero-order chi connectivity index (χ0) is 14.7. The largest absolute Gasteiger partial charge is 0.493 e. The molecule has 0 aromatic heterocycles. The molecule has 0 N–H and O–H groups in total. The van der Waals surface area contributed by atoms with Gasteiger partial charge in [-0.3, -0.25) is 4.79 Å². The van der Waals surface area contributed by atoms with Gasteiger partial charge in [-0.15, -0.1) is 0 Å². The molecule has 20 heavy (non-hydrogen) atoms. The molecule has 2 aromatic carbocycles. The Kier molecular flexibility index (Phi) is 4.30. The van der Waals surface area contributed by atoms with Crippen LogP contribution in [-0.4, -0.2) is 20.0 Å². The number of ether oxygens (including phenoxy) is 2. The minimum absolute atomic E-state index is 0.0424. The Morgan fingerprint density at radius 2 is 1.75 bits per heavy atom. The fourth-order valence-corrected chi connectivity index (χ4v) is 2.28. The minimum Gasteiger partial charge on any atom is -0.493 e. The molecule has 0 unspecified atom stereocenters. The molecule has 0 radical (unpaired) electrons. The number of hydrogen-bond donors (Lipinski definition) is 0. The Balaban J connectivity index is 2.76. The Hall–Kier alpha value is -2.00. The van der Waals surface area contributed by atoms with Gasteiger partial charge in [0.15, 0.2) is 17.3 Å². The van der Waals surface area contributed by atoms with Gasteiger partial charge in [-0.2, -0.15) is 0 Å². The Morgan fingerprint density at radius 1 is 1.05 bits per heavy atom. The average molecular weight is 291 g/mol. The number of methoxy groups -OCH3 is 2. The summed E-state index contributed by atoms with van der Waals surface area (Å²) in [6.07, 6.45) is 0. The number of benzene rings is 2. The molecule has 0 amide bonds. The highest BCUT2D eigenvalue weighted by atomic mass is 35.5. The van der Waals surface area contributed by atoms with Crippen molar-refractivity contribution in [3.05, 3.63) is 47.0 Å². The fourth-order valence-electron chi connectivity index (χ4n) is 2.05. The molecule has 0 spiro atoms. The fraction of sp³-hybridized carbons (Fsp3) is 0.188. The van der Waals surface area contributed by atoms with Crippen molar-refractivity contribution in [2.75, 3.05) is 14.2 Å². The minimum atomic E-state index is -0.0424. The third-order valence-electron chi connectivity index (χ3n) is 3.05. The van der Waals surface area contributed by atoms with Crippen LogP contribution in [0.3, 0.4) is 0 Å². The van der Waals surface area contributed by atoms with Crippen molar-refractivity contribution in [3.8, 4) is 22.6 Å². The molecule has 0 saturated heterocycles. The summed E-state index contributed by atoms with van der Waals surface area (Å²) in [7, 11) is 3.10. The monoisotopic (exact) mass is 290 g/mol. The van der Waals surface area contributed by atoms with Gasteiger partial charge < -0.3 is 9.47 Å². The molecule has 2 aromatic rings. The van der Waals surface area contributed by atoms with Crippen molar-refractivity contribution < 1.29 is 14.3 Å². The number of halogens is 1. The first kappa shape index (κ1) is 14.4. The standard InChI is InChI=1S/C16H15ClO3/c1-10(18)11-8-13(12-6-4-5-7-14(12)17)16(20-3)15(9-11)19-2/h4-9H,1-3H3. The first-order chi connectivity index (χ1) is 9.58. The van der Waals surface area contributed by atoms with Gasteiger partial charge in [0.05, 0.1) is 14.2 Å². The molecule has 0 atom stereocenters. The van der Waals surface area contributed by atoms with Crippen LogP contribution in [0, 0.1) is 0 Å². The van der Waals surface area contributed by atoms with Crippen LogP contribution >= 0.6 is 11.6 Å². The Morgan fingerprint density at radius 3 is 2.30 bits per heavy atom. The molecule has 0 bridgehead atoms. The lowest BCUT2D eigenvalue weighted by molar-refractivity contribution is 0.101. The molecule has 3 nitrogen and oxygen atoms in total. The van der Waals surface area contributed by atoms with E-state index in [4.69, 9.17) is 21.1 Å². The van der Waals surface area contributed by atoms with E-state index >= 15 is 0 Å². The van der Waals surface area contributed by atoms with Crippen LogP contribution in [0.1, 0.15) is 17.3 Å². The van der Waals surface area contributed by atoms with E-state index in [2.05, 4.69) is 0 Å². The molecular formula is C16H15ClO3. The van der Waals surface area contributed by atoms with Crippen LogP contribution in [0.15, 0.2) is 36.4 Å². The van der Waals surface area contributed by atoms with Gasteiger partial charge in [0.2, 0.25) is 0 Å². The molecule has 104 valence electrons. The van der Waals surface area contributed by atoms with Crippen LogP contribution in [-0.2, 0) is 0 Å². The van der Waals surface area contributed by atoms with Gasteiger partial charge in [0.1, 0.15) is 0 Å².